The highest BCUT2D eigenvalue weighted by Gasteiger charge is 2.19. The number of hydrogen-bond acceptors (Lipinski definition) is 3. The molecule has 0 bridgehead atoms. The predicted molar refractivity (Wildman–Crippen MR) is 92.2 cm³/mol. The standard InChI is InChI=1S/C16H17Br2NO2/c1-9-4-5-10(8-12(9)17)15(19)11-6-7-13(20-2)14(18)16(11)21-3/h4-8,15H,19H2,1-3H3. The average Bonchev–Trinajstić information content (AvgIpc) is 2.49. The summed E-state index contributed by atoms with van der Waals surface area (Å²) in [6.07, 6.45) is 0. The molecule has 0 saturated carbocycles. The van der Waals surface area contributed by atoms with E-state index in [-0.39, 0.29) is 6.04 Å². The van der Waals surface area contributed by atoms with Crippen LogP contribution in [0, 0.1) is 6.92 Å². The number of aryl methyl sites for hydroxylation is 1. The number of hydrogen-bond donors (Lipinski definition) is 1. The molecule has 2 N–H and O–H groups in total. The molecular formula is C16H17Br2NO2. The fourth-order valence-corrected chi connectivity index (χ4v) is 3.23. The van der Waals surface area contributed by atoms with Crippen molar-refractivity contribution in [2.45, 2.75) is 13.0 Å². The molecular weight excluding hydrogens is 398 g/mol. The van der Waals surface area contributed by atoms with E-state index in [0.29, 0.717) is 11.5 Å². The number of nitrogens with two attached hydrogens (primary N) is 1. The summed E-state index contributed by atoms with van der Waals surface area (Å²) in [5.41, 5.74) is 9.50. The van der Waals surface area contributed by atoms with Crippen molar-refractivity contribution in [3.63, 3.8) is 0 Å². The highest BCUT2D eigenvalue weighted by Crippen LogP contribution is 2.40. The third-order valence-electron chi connectivity index (χ3n) is 3.41. The molecule has 21 heavy (non-hydrogen) atoms. The number of halogens is 2. The van der Waals surface area contributed by atoms with Gasteiger partial charge in [-0.25, -0.2) is 0 Å². The Bertz CT molecular complexity index is 659. The van der Waals surface area contributed by atoms with Crippen molar-refractivity contribution in [1.29, 1.82) is 0 Å². The van der Waals surface area contributed by atoms with Crippen molar-refractivity contribution in [1.82, 2.24) is 0 Å². The van der Waals surface area contributed by atoms with Gasteiger partial charge in [-0.1, -0.05) is 28.1 Å². The Kier molecular flexibility index (Phi) is 5.30. The van der Waals surface area contributed by atoms with E-state index in [4.69, 9.17) is 15.2 Å². The van der Waals surface area contributed by atoms with Gasteiger partial charge in [0.25, 0.3) is 0 Å². The minimum Gasteiger partial charge on any atom is -0.495 e. The Morgan fingerprint density at radius 2 is 1.76 bits per heavy atom. The Labute approximate surface area is 141 Å². The van der Waals surface area contributed by atoms with Crippen LogP contribution in [0.4, 0.5) is 0 Å². The molecule has 3 nitrogen and oxygen atoms in total. The van der Waals surface area contributed by atoms with Crippen molar-refractivity contribution >= 4 is 31.9 Å². The molecule has 2 aromatic carbocycles. The molecule has 0 aromatic heterocycles. The lowest BCUT2D eigenvalue weighted by atomic mass is 9.97. The van der Waals surface area contributed by atoms with Gasteiger partial charge in [-0.2, -0.15) is 0 Å². The maximum Gasteiger partial charge on any atom is 0.141 e. The maximum atomic E-state index is 6.41. The summed E-state index contributed by atoms with van der Waals surface area (Å²) in [5.74, 6) is 1.41. The minimum absolute atomic E-state index is 0.279. The molecule has 1 unspecified atom stereocenters. The van der Waals surface area contributed by atoms with E-state index < -0.39 is 0 Å². The second-order valence-corrected chi connectivity index (χ2v) is 6.34. The lowest BCUT2D eigenvalue weighted by Crippen LogP contribution is -2.13. The van der Waals surface area contributed by atoms with Crippen LogP contribution in [0.25, 0.3) is 0 Å². The number of benzene rings is 2. The largest absolute Gasteiger partial charge is 0.495 e. The SMILES string of the molecule is COc1ccc(C(N)c2ccc(C)c(Br)c2)c(OC)c1Br. The van der Waals surface area contributed by atoms with E-state index in [2.05, 4.69) is 31.9 Å². The molecule has 2 aromatic rings. The van der Waals surface area contributed by atoms with Crippen LogP contribution in [0.1, 0.15) is 22.7 Å². The molecule has 0 amide bonds. The highest BCUT2D eigenvalue weighted by molar-refractivity contribution is 9.11. The maximum absolute atomic E-state index is 6.41. The van der Waals surface area contributed by atoms with E-state index in [1.165, 1.54) is 5.56 Å². The second kappa shape index (κ2) is 6.81. The topological polar surface area (TPSA) is 44.5 Å². The first-order valence-electron chi connectivity index (χ1n) is 6.41. The summed E-state index contributed by atoms with van der Waals surface area (Å²) in [6.45, 7) is 2.05. The molecule has 2 rings (SSSR count). The third kappa shape index (κ3) is 3.25. The van der Waals surface area contributed by atoms with Gasteiger partial charge in [0.15, 0.2) is 0 Å². The van der Waals surface area contributed by atoms with Crippen LogP contribution in [0.3, 0.4) is 0 Å². The Balaban J connectivity index is 2.50. The third-order valence-corrected chi connectivity index (χ3v) is 5.01. The van der Waals surface area contributed by atoms with Crippen LogP contribution in [0.2, 0.25) is 0 Å². The van der Waals surface area contributed by atoms with Gasteiger partial charge in [-0.15, -0.1) is 0 Å². The van der Waals surface area contributed by atoms with Gasteiger partial charge in [-0.05, 0) is 52.2 Å². The molecule has 0 saturated heterocycles. The fraction of sp³-hybridized carbons (Fsp3) is 0.250. The number of methoxy groups -OCH3 is 2. The van der Waals surface area contributed by atoms with Crippen LogP contribution in [0.15, 0.2) is 39.3 Å². The zero-order valence-corrected chi connectivity index (χ0v) is 15.3. The van der Waals surface area contributed by atoms with Crippen LogP contribution >= 0.6 is 31.9 Å². The molecule has 5 heteroatoms. The van der Waals surface area contributed by atoms with Gasteiger partial charge in [0.1, 0.15) is 16.0 Å². The van der Waals surface area contributed by atoms with Crippen molar-refractivity contribution in [3.8, 4) is 11.5 Å². The van der Waals surface area contributed by atoms with Gasteiger partial charge in [0, 0.05) is 10.0 Å². The van der Waals surface area contributed by atoms with E-state index in [1.807, 2.05) is 37.3 Å². The minimum atomic E-state index is -0.279. The molecule has 0 aliphatic carbocycles. The zero-order valence-electron chi connectivity index (χ0n) is 12.1. The summed E-state index contributed by atoms with van der Waals surface area (Å²) in [4.78, 5) is 0. The molecule has 0 heterocycles. The summed E-state index contributed by atoms with van der Waals surface area (Å²) in [7, 11) is 3.25. The van der Waals surface area contributed by atoms with Crippen LogP contribution in [-0.4, -0.2) is 14.2 Å². The highest BCUT2D eigenvalue weighted by atomic mass is 79.9. The molecule has 112 valence electrons. The first-order chi connectivity index (χ1) is 9.99. The Hall–Kier alpha value is -1.04. The average molecular weight is 415 g/mol. The lowest BCUT2D eigenvalue weighted by molar-refractivity contribution is 0.385. The summed E-state index contributed by atoms with van der Waals surface area (Å²) < 4.78 is 12.6. The van der Waals surface area contributed by atoms with Crippen LogP contribution in [-0.2, 0) is 0 Å². The van der Waals surface area contributed by atoms with E-state index in [9.17, 15) is 0 Å². The van der Waals surface area contributed by atoms with Crippen LogP contribution < -0.4 is 15.2 Å². The van der Waals surface area contributed by atoms with Gasteiger partial charge in [0.05, 0.1) is 20.3 Å². The van der Waals surface area contributed by atoms with E-state index in [0.717, 1.165) is 20.1 Å². The summed E-state index contributed by atoms with van der Waals surface area (Å²) in [5, 5.41) is 0. The van der Waals surface area contributed by atoms with Gasteiger partial charge >= 0.3 is 0 Å². The summed E-state index contributed by atoms with van der Waals surface area (Å²) in [6, 6.07) is 9.65. The molecule has 0 spiro atoms. The Morgan fingerprint density at radius 3 is 2.33 bits per heavy atom. The second-order valence-electron chi connectivity index (χ2n) is 4.69. The zero-order chi connectivity index (χ0) is 15.6. The normalized spacial score (nSPS) is 12.1. The fourth-order valence-electron chi connectivity index (χ4n) is 2.15. The van der Waals surface area contributed by atoms with Crippen molar-refractivity contribution < 1.29 is 9.47 Å². The monoisotopic (exact) mass is 413 g/mol. The van der Waals surface area contributed by atoms with Crippen molar-refractivity contribution in [2.75, 3.05) is 14.2 Å². The lowest BCUT2D eigenvalue weighted by Gasteiger charge is -2.19. The van der Waals surface area contributed by atoms with Gasteiger partial charge in [-0.3, -0.25) is 0 Å². The van der Waals surface area contributed by atoms with Gasteiger partial charge in [0.2, 0.25) is 0 Å². The smallest absolute Gasteiger partial charge is 0.141 e. The van der Waals surface area contributed by atoms with Gasteiger partial charge < -0.3 is 15.2 Å². The quantitative estimate of drug-likeness (QED) is 0.795. The predicted octanol–water partition coefficient (Wildman–Crippen LogP) is 4.59. The van der Waals surface area contributed by atoms with Crippen molar-refractivity contribution in [3.05, 3.63) is 56.0 Å². The first-order valence-corrected chi connectivity index (χ1v) is 8.00. The molecule has 0 radical (unpaired) electrons. The van der Waals surface area contributed by atoms with Crippen molar-refractivity contribution in [2.24, 2.45) is 5.73 Å². The molecule has 0 aliphatic heterocycles. The van der Waals surface area contributed by atoms with E-state index >= 15 is 0 Å². The first kappa shape index (κ1) is 16.3. The number of rotatable bonds is 4. The Morgan fingerprint density at radius 1 is 1.05 bits per heavy atom. The molecule has 0 fully saturated rings. The number of ether oxygens (including phenoxy) is 2. The van der Waals surface area contributed by atoms with E-state index in [1.54, 1.807) is 14.2 Å². The molecule has 0 aliphatic rings. The van der Waals surface area contributed by atoms with Crippen LogP contribution in [0.5, 0.6) is 11.5 Å². The molecule has 1 atom stereocenters. The summed E-state index contributed by atoms with van der Waals surface area (Å²) >= 11 is 7.05.